The van der Waals surface area contributed by atoms with Crippen molar-refractivity contribution in [3.8, 4) is 11.1 Å². The molecule has 0 aliphatic heterocycles. The molecule has 2 aromatic rings. The van der Waals surface area contributed by atoms with E-state index in [1.165, 1.54) is 12.1 Å². The Kier molecular flexibility index (Phi) is 3.19. The zero-order chi connectivity index (χ0) is 13.1. The smallest absolute Gasteiger partial charge is 0.335 e. The van der Waals surface area contributed by atoms with Gasteiger partial charge >= 0.3 is 5.97 Å². The Morgan fingerprint density at radius 2 is 1.89 bits per heavy atom. The van der Waals surface area contributed by atoms with E-state index in [9.17, 15) is 14.0 Å². The SMILES string of the molecule is O=Cc1cccc(-c2cc(F)cc(C(=O)O)c2)c1. The summed E-state index contributed by atoms with van der Waals surface area (Å²) in [5.74, 6) is -1.82. The van der Waals surface area contributed by atoms with Crippen molar-refractivity contribution in [3.05, 3.63) is 59.4 Å². The summed E-state index contributed by atoms with van der Waals surface area (Å²) < 4.78 is 13.3. The standard InChI is InChI=1S/C14H9FO3/c15-13-6-11(5-12(7-13)14(17)18)10-3-1-2-9(4-10)8-16/h1-8H,(H,17,18). The number of hydrogen-bond donors (Lipinski definition) is 1. The first-order chi connectivity index (χ1) is 8.60. The topological polar surface area (TPSA) is 54.4 Å². The molecule has 3 nitrogen and oxygen atoms in total. The number of carboxylic acid groups (broad SMARTS) is 1. The predicted octanol–water partition coefficient (Wildman–Crippen LogP) is 3.00. The van der Waals surface area contributed by atoms with Crippen LogP contribution in [-0.2, 0) is 0 Å². The van der Waals surface area contributed by atoms with Gasteiger partial charge < -0.3 is 5.11 Å². The Hall–Kier alpha value is -2.49. The molecule has 0 fully saturated rings. The molecular formula is C14H9FO3. The fourth-order valence-corrected chi connectivity index (χ4v) is 1.67. The lowest BCUT2D eigenvalue weighted by atomic mass is 10.0. The fraction of sp³-hybridized carbons (Fsp3) is 0. The Morgan fingerprint density at radius 3 is 2.56 bits per heavy atom. The van der Waals surface area contributed by atoms with E-state index in [1.54, 1.807) is 24.3 Å². The summed E-state index contributed by atoms with van der Waals surface area (Å²) in [4.78, 5) is 21.5. The molecule has 4 heteroatoms. The van der Waals surface area contributed by atoms with Gasteiger partial charge in [-0.3, -0.25) is 4.79 Å². The maximum atomic E-state index is 13.3. The third kappa shape index (κ3) is 2.43. The third-order valence-corrected chi connectivity index (χ3v) is 2.50. The van der Waals surface area contributed by atoms with Crippen LogP contribution in [0.25, 0.3) is 11.1 Å². The van der Waals surface area contributed by atoms with Gasteiger partial charge in [0.15, 0.2) is 0 Å². The number of rotatable bonds is 3. The van der Waals surface area contributed by atoms with Gasteiger partial charge in [-0.25, -0.2) is 9.18 Å². The number of halogens is 1. The summed E-state index contributed by atoms with van der Waals surface area (Å²) in [6.45, 7) is 0. The van der Waals surface area contributed by atoms with Crippen molar-refractivity contribution in [1.82, 2.24) is 0 Å². The fourth-order valence-electron chi connectivity index (χ4n) is 1.67. The highest BCUT2D eigenvalue weighted by Gasteiger charge is 2.08. The van der Waals surface area contributed by atoms with Crippen molar-refractivity contribution in [2.75, 3.05) is 0 Å². The van der Waals surface area contributed by atoms with E-state index in [4.69, 9.17) is 5.11 Å². The second-order valence-electron chi connectivity index (χ2n) is 3.78. The maximum absolute atomic E-state index is 13.3. The molecule has 90 valence electrons. The van der Waals surface area contributed by atoms with Crippen molar-refractivity contribution >= 4 is 12.3 Å². The number of benzene rings is 2. The molecule has 18 heavy (non-hydrogen) atoms. The van der Waals surface area contributed by atoms with E-state index in [0.29, 0.717) is 23.0 Å². The van der Waals surface area contributed by atoms with Crippen molar-refractivity contribution in [1.29, 1.82) is 0 Å². The molecule has 0 unspecified atom stereocenters. The van der Waals surface area contributed by atoms with Crippen LogP contribution in [0.1, 0.15) is 20.7 Å². The minimum absolute atomic E-state index is 0.124. The molecule has 0 aromatic heterocycles. The van der Waals surface area contributed by atoms with E-state index in [0.717, 1.165) is 6.07 Å². The lowest BCUT2D eigenvalue weighted by molar-refractivity contribution is 0.0696. The normalized spacial score (nSPS) is 10.1. The lowest BCUT2D eigenvalue weighted by Crippen LogP contribution is -1.97. The van der Waals surface area contributed by atoms with Gasteiger partial charge in [-0.2, -0.15) is 0 Å². The summed E-state index contributed by atoms with van der Waals surface area (Å²) in [6.07, 6.45) is 0.681. The van der Waals surface area contributed by atoms with Crippen LogP contribution >= 0.6 is 0 Å². The average molecular weight is 244 g/mol. The molecule has 1 N–H and O–H groups in total. The first kappa shape index (κ1) is 12.0. The lowest BCUT2D eigenvalue weighted by Gasteiger charge is -2.04. The van der Waals surface area contributed by atoms with Crippen LogP contribution in [0.15, 0.2) is 42.5 Å². The Morgan fingerprint density at radius 1 is 1.11 bits per heavy atom. The summed E-state index contributed by atoms with van der Waals surface area (Å²) >= 11 is 0. The molecule has 0 amide bonds. The molecule has 2 rings (SSSR count). The van der Waals surface area contributed by atoms with Gasteiger partial charge in [-0.05, 0) is 35.4 Å². The molecule has 0 aliphatic carbocycles. The Balaban J connectivity index is 2.55. The monoisotopic (exact) mass is 244 g/mol. The minimum atomic E-state index is -1.19. The van der Waals surface area contributed by atoms with Crippen molar-refractivity contribution in [2.45, 2.75) is 0 Å². The van der Waals surface area contributed by atoms with Crippen LogP contribution in [0.4, 0.5) is 4.39 Å². The maximum Gasteiger partial charge on any atom is 0.335 e. The number of aromatic carboxylic acids is 1. The molecule has 0 saturated carbocycles. The van der Waals surface area contributed by atoms with Gasteiger partial charge in [0.25, 0.3) is 0 Å². The van der Waals surface area contributed by atoms with Gasteiger partial charge in [0.2, 0.25) is 0 Å². The van der Waals surface area contributed by atoms with Crippen molar-refractivity contribution in [3.63, 3.8) is 0 Å². The van der Waals surface area contributed by atoms with E-state index in [1.807, 2.05) is 0 Å². The number of hydrogen-bond acceptors (Lipinski definition) is 2. The highest BCUT2D eigenvalue weighted by molar-refractivity contribution is 5.89. The highest BCUT2D eigenvalue weighted by atomic mass is 19.1. The second kappa shape index (κ2) is 4.79. The van der Waals surface area contributed by atoms with Crippen molar-refractivity contribution < 1.29 is 19.1 Å². The summed E-state index contributed by atoms with van der Waals surface area (Å²) in [7, 11) is 0. The molecule has 0 atom stereocenters. The number of carbonyl (C=O) groups is 2. The summed E-state index contributed by atoms with van der Waals surface area (Å²) in [5, 5.41) is 8.86. The molecular weight excluding hydrogens is 235 g/mol. The zero-order valence-electron chi connectivity index (χ0n) is 9.26. The van der Waals surface area contributed by atoms with E-state index >= 15 is 0 Å². The van der Waals surface area contributed by atoms with E-state index in [-0.39, 0.29) is 5.56 Å². The molecule has 0 spiro atoms. The largest absolute Gasteiger partial charge is 0.478 e. The molecule has 0 bridgehead atoms. The number of carbonyl (C=O) groups excluding carboxylic acids is 1. The first-order valence-corrected chi connectivity index (χ1v) is 5.19. The van der Waals surface area contributed by atoms with E-state index < -0.39 is 11.8 Å². The first-order valence-electron chi connectivity index (χ1n) is 5.19. The van der Waals surface area contributed by atoms with Crippen LogP contribution in [0, 0.1) is 5.82 Å². The summed E-state index contributed by atoms with van der Waals surface area (Å²) in [5.41, 5.74) is 1.35. The van der Waals surface area contributed by atoms with Crippen LogP contribution in [0.5, 0.6) is 0 Å². The van der Waals surface area contributed by atoms with Crippen LogP contribution in [0.2, 0.25) is 0 Å². The third-order valence-electron chi connectivity index (χ3n) is 2.50. The van der Waals surface area contributed by atoms with E-state index in [2.05, 4.69) is 0 Å². The van der Waals surface area contributed by atoms with Gasteiger partial charge in [0.05, 0.1) is 5.56 Å². The Bertz CT molecular complexity index is 620. The van der Waals surface area contributed by atoms with Gasteiger partial charge in [0.1, 0.15) is 12.1 Å². The summed E-state index contributed by atoms with van der Waals surface area (Å²) in [6, 6.07) is 10.1. The van der Waals surface area contributed by atoms with Gasteiger partial charge in [0, 0.05) is 5.56 Å². The zero-order valence-corrected chi connectivity index (χ0v) is 9.26. The van der Waals surface area contributed by atoms with Gasteiger partial charge in [-0.1, -0.05) is 18.2 Å². The number of aldehydes is 1. The molecule has 0 saturated heterocycles. The average Bonchev–Trinajstić information content (AvgIpc) is 2.38. The van der Waals surface area contributed by atoms with Crippen molar-refractivity contribution in [2.24, 2.45) is 0 Å². The van der Waals surface area contributed by atoms with Crippen LogP contribution in [-0.4, -0.2) is 17.4 Å². The molecule has 2 aromatic carbocycles. The molecule has 0 heterocycles. The van der Waals surface area contributed by atoms with Crippen LogP contribution in [0.3, 0.4) is 0 Å². The minimum Gasteiger partial charge on any atom is -0.478 e. The van der Waals surface area contributed by atoms with Crippen LogP contribution < -0.4 is 0 Å². The molecule has 0 radical (unpaired) electrons. The second-order valence-corrected chi connectivity index (χ2v) is 3.78. The molecule has 0 aliphatic rings. The highest BCUT2D eigenvalue weighted by Crippen LogP contribution is 2.22. The predicted molar refractivity (Wildman–Crippen MR) is 64.2 cm³/mol. The Labute approximate surface area is 103 Å². The number of carboxylic acids is 1. The quantitative estimate of drug-likeness (QED) is 0.844. The van der Waals surface area contributed by atoms with Gasteiger partial charge in [-0.15, -0.1) is 0 Å².